The van der Waals surface area contributed by atoms with Crippen molar-refractivity contribution in [3.63, 3.8) is 0 Å². The van der Waals surface area contributed by atoms with Gasteiger partial charge in [0.25, 0.3) is 0 Å². The third kappa shape index (κ3) is 3.06. The number of nitrogens with zero attached hydrogens (tertiary/aromatic N) is 1. The molecule has 128 valence electrons. The molecule has 0 aromatic rings. The molecule has 1 saturated heterocycles. The van der Waals surface area contributed by atoms with E-state index < -0.39 is 22.6 Å². The zero-order chi connectivity index (χ0) is 17.3. The van der Waals surface area contributed by atoms with Crippen LogP contribution in [0.1, 0.15) is 67.7 Å². The van der Waals surface area contributed by atoms with Crippen molar-refractivity contribution < 1.29 is 19.2 Å². The Bertz CT molecular complexity index is 448. The summed E-state index contributed by atoms with van der Waals surface area (Å²) in [5.74, 6) is -0.316. The molecule has 0 spiro atoms. The lowest BCUT2D eigenvalue weighted by Gasteiger charge is -2.57. The summed E-state index contributed by atoms with van der Waals surface area (Å²) >= 11 is 0. The van der Waals surface area contributed by atoms with Gasteiger partial charge in [-0.1, -0.05) is 20.8 Å². The number of ketones is 1. The molecule has 0 aromatic carbocycles. The summed E-state index contributed by atoms with van der Waals surface area (Å²) in [5.41, 5.74) is -1.98. The van der Waals surface area contributed by atoms with Crippen LogP contribution in [0.5, 0.6) is 0 Å². The normalized spacial score (nSPS) is 33.8. The average molecular weight is 313 g/mol. The molecule has 1 fully saturated rings. The minimum atomic E-state index is -1.10. The number of rotatable bonds is 5. The molecule has 0 saturated carbocycles. The van der Waals surface area contributed by atoms with E-state index in [2.05, 4.69) is 0 Å². The lowest BCUT2D eigenvalue weighted by atomic mass is 9.70. The van der Waals surface area contributed by atoms with E-state index in [1.54, 1.807) is 13.8 Å². The first-order valence-electron chi connectivity index (χ1n) is 8.09. The Labute approximate surface area is 134 Å². The molecular weight excluding hydrogens is 282 g/mol. The van der Waals surface area contributed by atoms with Crippen molar-refractivity contribution in [2.24, 2.45) is 5.92 Å². The van der Waals surface area contributed by atoms with Crippen LogP contribution in [0.15, 0.2) is 0 Å². The highest BCUT2D eigenvalue weighted by Gasteiger charge is 2.55. The average Bonchev–Trinajstić information content (AvgIpc) is 2.48. The predicted octanol–water partition coefficient (Wildman–Crippen LogP) is 3.12. The number of piperidine rings is 1. The van der Waals surface area contributed by atoms with Gasteiger partial charge < -0.3 is 4.74 Å². The van der Waals surface area contributed by atoms with Crippen molar-refractivity contribution in [2.45, 2.75) is 84.4 Å². The second kappa shape index (κ2) is 6.28. The lowest BCUT2D eigenvalue weighted by molar-refractivity contribution is -0.333. The molecule has 22 heavy (non-hydrogen) atoms. The molecule has 0 radical (unpaired) electrons. The van der Waals surface area contributed by atoms with Crippen LogP contribution in [0.25, 0.3) is 0 Å². The summed E-state index contributed by atoms with van der Waals surface area (Å²) in [6, 6.07) is 0. The SMILES string of the molecule is CCC1(C)CC(=O)C(C)C(C)(CC)N1OC(C)(C)C(=O)OC. The molecular formula is C17H31NO4. The number of methoxy groups -OCH3 is 1. The Morgan fingerprint density at radius 2 is 1.86 bits per heavy atom. The van der Waals surface area contributed by atoms with Gasteiger partial charge in [0.15, 0.2) is 5.60 Å². The smallest absolute Gasteiger partial charge is 0.339 e. The highest BCUT2D eigenvalue weighted by atomic mass is 16.7. The van der Waals surface area contributed by atoms with Gasteiger partial charge >= 0.3 is 5.97 Å². The molecule has 1 rings (SSSR count). The Kier molecular flexibility index (Phi) is 5.46. The van der Waals surface area contributed by atoms with Crippen LogP contribution >= 0.6 is 0 Å². The number of ether oxygens (including phenoxy) is 1. The highest BCUT2D eigenvalue weighted by molar-refractivity contribution is 5.84. The summed E-state index contributed by atoms with van der Waals surface area (Å²) in [6.45, 7) is 13.5. The molecule has 1 heterocycles. The van der Waals surface area contributed by atoms with Crippen LogP contribution in [0.4, 0.5) is 0 Å². The van der Waals surface area contributed by atoms with Crippen LogP contribution in [0.3, 0.4) is 0 Å². The third-order valence-corrected chi connectivity index (χ3v) is 5.40. The third-order valence-electron chi connectivity index (χ3n) is 5.40. The molecule has 3 atom stereocenters. The fourth-order valence-corrected chi connectivity index (χ4v) is 3.18. The minimum absolute atomic E-state index is 0.148. The van der Waals surface area contributed by atoms with Gasteiger partial charge in [-0.25, -0.2) is 4.79 Å². The molecule has 1 aliphatic heterocycles. The topological polar surface area (TPSA) is 55.8 Å². The fourth-order valence-electron chi connectivity index (χ4n) is 3.18. The van der Waals surface area contributed by atoms with Crippen LogP contribution in [0.2, 0.25) is 0 Å². The van der Waals surface area contributed by atoms with Gasteiger partial charge in [-0.3, -0.25) is 9.63 Å². The Morgan fingerprint density at radius 1 is 1.32 bits per heavy atom. The van der Waals surface area contributed by atoms with Gasteiger partial charge in [-0.05, 0) is 40.5 Å². The first-order valence-corrected chi connectivity index (χ1v) is 8.09. The van der Waals surface area contributed by atoms with Crippen molar-refractivity contribution in [3.05, 3.63) is 0 Å². The van der Waals surface area contributed by atoms with E-state index in [9.17, 15) is 9.59 Å². The zero-order valence-electron chi connectivity index (χ0n) is 15.3. The Morgan fingerprint density at radius 3 is 2.27 bits per heavy atom. The Balaban J connectivity index is 3.29. The number of hydrogen-bond donors (Lipinski definition) is 0. The first-order chi connectivity index (χ1) is 9.98. The van der Waals surface area contributed by atoms with E-state index in [0.717, 1.165) is 12.8 Å². The van der Waals surface area contributed by atoms with E-state index in [1.807, 2.05) is 39.7 Å². The summed E-state index contributed by atoms with van der Waals surface area (Å²) in [7, 11) is 1.35. The van der Waals surface area contributed by atoms with E-state index in [1.165, 1.54) is 7.11 Å². The van der Waals surface area contributed by atoms with E-state index >= 15 is 0 Å². The van der Waals surface area contributed by atoms with Gasteiger partial charge in [0.05, 0.1) is 18.2 Å². The molecule has 0 aliphatic carbocycles. The summed E-state index contributed by atoms with van der Waals surface area (Å²) in [4.78, 5) is 30.7. The van der Waals surface area contributed by atoms with Crippen molar-refractivity contribution in [2.75, 3.05) is 7.11 Å². The van der Waals surface area contributed by atoms with Crippen molar-refractivity contribution in [1.29, 1.82) is 0 Å². The second-order valence-corrected chi connectivity index (χ2v) is 7.31. The maximum atomic E-state index is 12.5. The number of esters is 1. The summed E-state index contributed by atoms with van der Waals surface area (Å²) < 4.78 is 4.85. The zero-order valence-corrected chi connectivity index (χ0v) is 15.3. The molecule has 0 N–H and O–H groups in total. The van der Waals surface area contributed by atoms with Gasteiger partial charge in [-0.15, -0.1) is 0 Å². The van der Waals surface area contributed by atoms with Crippen molar-refractivity contribution >= 4 is 11.8 Å². The van der Waals surface area contributed by atoms with Crippen molar-refractivity contribution in [3.8, 4) is 0 Å². The monoisotopic (exact) mass is 313 g/mol. The number of carbonyl (C=O) groups excluding carboxylic acids is 2. The molecule has 0 bridgehead atoms. The first kappa shape index (κ1) is 19.1. The van der Waals surface area contributed by atoms with Crippen LogP contribution in [-0.2, 0) is 19.2 Å². The highest BCUT2D eigenvalue weighted by Crippen LogP contribution is 2.45. The van der Waals surface area contributed by atoms with Gasteiger partial charge in [-0.2, -0.15) is 5.06 Å². The maximum absolute atomic E-state index is 12.5. The predicted molar refractivity (Wildman–Crippen MR) is 85.2 cm³/mol. The summed E-state index contributed by atoms with van der Waals surface area (Å²) in [6.07, 6.45) is 1.95. The van der Waals surface area contributed by atoms with Crippen LogP contribution < -0.4 is 0 Å². The maximum Gasteiger partial charge on any atom is 0.339 e. The Hall–Kier alpha value is -0.940. The fraction of sp³-hybridized carbons (Fsp3) is 0.882. The number of hydrogen-bond acceptors (Lipinski definition) is 5. The molecule has 0 amide bonds. The van der Waals surface area contributed by atoms with Crippen LogP contribution in [-0.4, -0.2) is 40.6 Å². The summed E-state index contributed by atoms with van der Waals surface area (Å²) in [5, 5.41) is 1.91. The van der Waals surface area contributed by atoms with Gasteiger partial charge in [0.1, 0.15) is 5.78 Å². The molecule has 5 nitrogen and oxygen atoms in total. The second-order valence-electron chi connectivity index (χ2n) is 7.31. The largest absolute Gasteiger partial charge is 0.467 e. The van der Waals surface area contributed by atoms with E-state index in [-0.39, 0.29) is 11.7 Å². The molecule has 0 aromatic heterocycles. The van der Waals surface area contributed by atoms with Gasteiger partial charge in [0.2, 0.25) is 0 Å². The van der Waals surface area contributed by atoms with E-state index in [0.29, 0.717) is 6.42 Å². The number of hydroxylamine groups is 2. The number of Topliss-reactive ketones (excluding diaryl/α,β-unsaturated/α-hetero) is 1. The number of carbonyl (C=O) groups is 2. The quantitative estimate of drug-likeness (QED) is 0.730. The molecule has 5 heteroatoms. The standard InChI is InChI=1S/C17H31NO4/c1-9-16(6)11-13(19)12(3)17(7,10-2)18(16)22-15(4,5)14(20)21-8/h12H,9-11H2,1-8H3. The van der Waals surface area contributed by atoms with Crippen molar-refractivity contribution in [1.82, 2.24) is 5.06 Å². The molecule has 3 unspecified atom stereocenters. The molecule has 1 aliphatic rings. The lowest BCUT2D eigenvalue weighted by Crippen LogP contribution is -2.68. The van der Waals surface area contributed by atoms with Gasteiger partial charge in [0, 0.05) is 12.3 Å². The van der Waals surface area contributed by atoms with Crippen LogP contribution in [0, 0.1) is 5.92 Å². The minimum Gasteiger partial charge on any atom is -0.467 e. The van der Waals surface area contributed by atoms with E-state index in [4.69, 9.17) is 9.57 Å².